The normalized spacial score (nSPS) is 25.3. The SMILES string of the molecule is CCOC(=O)C1=C(C(=O)OCC)[C@H]2C=C[C@@H]1O2. The van der Waals surface area contributed by atoms with Crippen molar-refractivity contribution in [2.24, 2.45) is 0 Å². The van der Waals surface area contributed by atoms with Crippen LogP contribution in [0.25, 0.3) is 0 Å². The van der Waals surface area contributed by atoms with E-state index in [4.69, 9.17) is 14.2 Å². The van der Waals surface area contributed by atoms with E-state index in [9.17, 15) is 9.59 Å². The zero-order valence-corrected chi connectivity index (χ0v) is 9.76. The van der Waals surface area contributed by atoms with Crippen LogP contribution >= 0.6 is 0 Å². The minimum Gasteiger partial charge on any atom is -0.463 e. The average molecular weight is 238 g/mol. The smallest absolute Gasteiger partial charge is 0.337 e. The first kappa shape index (κ1) is 11.9. The molecule has 0 N–H and O–H groups in total. The first-order chi connectivity index (χ1) is 8.19. The second kappa shape index (κ2) is 4.71. The van der Waals surface area contributed by atoms with E-state index in [0.717, 1.165) is 0 Å². The number of carbonyl (C=O) groups excluding carboxylic acids is 2. The van der Waals surface area contributed by atoms with Gasteiger partial charge in [-0.15, -0.1) is 0 Å². The molecule has 2 rings (SSSR count). The maximum atomic E-state index is 11.8. The molecule has 2 bridgehead atoms. The summed E-state index contributed by atoms with van der Waals surface area (Å²) in [7, 11) is 0. The summed E-state index contributed by atoms with van der Waals surface area (Å²) in [5.74, 6) is -1.01. The van der Waals surface area contributed by atoms with E-state index in [1.807, 2.05) is 0 Å². The molecule has 2 aliphatic rings. The van der Waals surface area contributed by atoms with E-state index >= 15 is 0 Å². The van der Waals surface area contributed by atoms with Gasteiger partial charge in [-0.05, 0) is 13.8 Å². The van der Waals surface area contributed by atoms with Crippen LogP contribution < -0.4 is 0 Å². The fourth-order valence-corrected chi connectivity index (χ4v) is 1.96. The largest absolute Gasteiger partial charge is 0.463 e. The van der Waals surface area contributed by atoms with E-state index in [0.29, 0.717) is 0 Å². The third kappa shape index (κ3) is 1.98. The molecule has 92 valence electrons. The van der Waals surface area contributed by atoms with Crippen LogP contribution in [0.3, 0.4) is 0 Å². The zero-order valence-electron chi connectivity index (χ0n) is 9.76. The van der Waals surface area contributed by atoms with Crippen LogP contribution in [-0.4, -0.2) is 37.4 Å². The molecule has 0 amide bonds. The van der Waals surface area contributed by atoms with E-state index in [1.165, 1.54) is 0 Å². The van der Waals surface area contributed by atoms with Crippen molar-refractivity contribution in [1.82, 2.24) is 0 Å². The van der Waals surface area contributed by atoms with Crippen LogP contribution in [-0.2, 0) is 23.8 Å². The van der Waals surface area contributed by atoms with Gasteiger partial charge in [-0.25, -0.2) is 9.59 Å². The number of esters is 2. The molecule has 0 aromatic carbocycles. The van der Waals surface area contributed by atoms with Gasteiger partial charge in [0.15, 0.2) is 0 Å². The van der Waals surface area contributed by atoms with Gasteiger partial charge in [-0.1, -0.05) is 12.2 Å². The summed E-state index contributed by atoms with van der Waals surface area (Å²) < 4.78 is 15.3. The third-order valence-electron chi connectivity index (χ3n) is 2.60. The Morgan fingerprint density at radius 1 is 1.06 bits per heavy atom. The van der Waals surface area contributed by atoms with Crippen molar-refractivity contribution in [3.63, 3.8) is 0 Å². The van der Waals surface area contributed by atoms with Crippen molar-refractivity contribution in [2.75, 3.05) is 13.2 Å². The standard InChI is InChI=1S/C12H14O5/c1-3-15-11(13)9-7-5-6-8(17-7)10(9)12(14)16-4-2/h5-8H,3-4H2,1-2H3/t7-,8+. The van der Waals surface area contributed by atoms with Crippen LogP contribution in [0.4, 0.5) is 0 Å². The monoisotopic (exact) mass is 238 g/mol. The van der Waals surface area contributed by atoms with Gasteiger partial charge in [0.25, 0.3) is 0 Å². The first-order valence-electron chi connectivity index (χ1n) is 5.61. The molecule has 2 atom stereocenters. The van der Waals surface area contributed by atoms with Crippen molar-refractivity contribution in [3.05, 3.63) is 23.3 Å². The Morgan fingerprint density at radius 2 is 1.47 bits per heavy atom. The van der Waals surface area contributed by atoms with Crippen LogP contribution in [0.5, 0.6) is 0 Å². The minimum absolute atomic E-state index is 0.263. The van der Waals surface area contributed by atoms with Crippen molar-refractivity contribution in [2.45, 2.75) is 26.1 Å². The molecule has 0 radical (unpaired) electrons. The fraction of sp³-hybridized carbons (Fsp3) is 0.500. The van der Waals surface area contributed by atoms with Gasteiger partial charge in [0, 0.05) is 0 Å². The highest BCUT2D eigenvalue weighted by Gasteiger charge is 2.44. The Balaban J connectivity index is 2.28. The van der Waals surface area contributed by atoms with E-state index in [2.05, 4.69) is 0 Å². The summed E-state index contributed by atoms with van der Waals surface area (Å²) in [6.07, 6.45) is 2.55. The summed E-state index contributed by atoms with van der Waals surface area (Å²) in [5, 5.41) is 0. The molecule has 0 saturated heterocycles. The summed E-state index contributed by atoms with van der Waals surface area (Å²) in [4.78, 5) is 23.5. The van der Waals surface area contributed by atoms with E-state index < -0.39 is 24.1 Å². The van der Waals surface area contributed by atoms with E-state index in [1.54, 1.807) is 26.0 Å². The molecule has 0 aliphatic carbocycles. The van der Waals surface area contributed by atoms with Crippen LogP contribution in [0.15, 0.2) is 23.3 Å². The van der Waals surface area contributed by atoms with Gasteiger partial charge in [-0.2, -0.15) is 0 Å². The van der Waals surface area contributed by atoms with Crippen molar-refractivity contribution >= 4 is 11.9 Å². The molecule has 2 heterocycles. The lowest BCUT2D eigenvalue weighted by atomic mass is 9.97. The summed E-state index contributed by atoms with van der Waals surface area (Å²) in [6.45, 7) is 3.96. The highest BCUT2D eigenvalue weighted by molar-refractivity contribution is 6.04. The molecular weight excluding hydrogens is 224 g/mol. The molecule has 0 aromatic heterocycles. The Labute approximate surface area is 99.0 Å². The van der Waals surface area contributed by atoms with Gasteiger partial charge < -0.3 is 14.2 Å². The molecule has 2 aliphatic heterocycles. The molecule has 0 saturated carbocycles. The minimum atomic E-state index is -0.507. The molecule has 0 fully saturated rings. The lowest BCUT2D eigenvalue weighted by Crippen LogP contribution is -2.22. The second-order valence-electron chi connectivity index (χ2n) is 3.63. The Kier molecular flexibility index (Phi) is 3.28. The topological polar surface area (TPSA) is 61.8 Å². The average Bonchev–Trinajstić information content (AvgIpc) is 2.89. The number of hydrogen-bond acceptors (Lipinski definition) is 5. The van der Waals surface area contributed by atoms with Gasteiger partial charge in [0.05, 0.1) is 24.4 Å². The van der Waals surface area contributed by atoms with Crippen LogP contribution in [0.2, 0.25) is 0 Å². The molecule has 5 heteroatoms. The number of ether oxygens (including phenoxy) is 3. The maximum absolute atomic E-state index is 11.8. The predicted molar refractivity (Wildman–Crippen MR) is 58.1 cm³/mol. The molecule has 17 heavy (non-hydrogen) atoms. The van der Waals surface area contributed by atoms with Gasteiger partial charge in [0.1, 0.15) is 12.2 Å². The lowest BCUT2D eigenvalue weighted by Gasteiger charge is -2.11. The number of rotatable bonds is 4. The van der Waals surface area contributed by atoms with Crippen LogP contribution in [0, 0.1) is 0 Å². The van der Waals surface area contributed by atoms with Gasteiger partial charge in [0.2, 0.25) is 0 Å². The Morgan fingerprint density at radius 3 is 1.82 bits per heavy atom. The number of fused-ring (bicyclic) bond motifs is 2. The predicted octanol–water partition coefficient (Wildman–Crippen LogP) is 0.746. The van der Waals surface area contributed by atoms with Crippen molar-refractivity contribution in [3.8, 4) is 0 Å². The van der Waals surface area contributed by atoms with Crippen LogP contribution in [0.1, 0.15) is 13.8 Å². The van der Waals surface area contributed by atoms with E-state index in [-0.39, 0.29) is 24.4 Å². The molecule has 0 aromatic rings. The summed E-state index contributed by atoms with van der Waals surface area (Å²) in [6, 6.07) is 0. The molecular formula is C12H14O5. The number of carbonyl (C=O) groups is 2. The number of hydrogen-bond donors (Lipinski definition) is 0. The fourth-order valence-electron chi connectivity index (χ4n) is 1.96. The summed E-state index contributed by atoms with van der Waals surface area (Å²) >= 11 is 0. The quantitative estimate of drug-likeness (QED) is 0.534. The van der Waals surface area contributed by atoms with Crippen molar-refractivity contribution in [1.29, 1.82) is 0 Å². The first-order valence-corrected chi connectivity index (χ1v) is 5.61. The van der Waals surface area contributed by atoms with Gasteiger partial charge >= 0.3 is 11.9 Å². The zero-order chi connectivity index (χ0) is 12.4. The highest BCUT2D eigenvalue weighted by atomic mass is 16.6. The highest BCUT2D eigenvalue weighted by Crippen LogP contribution is 2.35. The summed E-state index contributed by atoms with van der Waals surface area (Å²) in [5.41, 5.74) is 0.551. The Hall–Kier alpha value is -1.62. The molecule has 5 nitrogen and oxygen atoms in total. The third-order valence-corrected chi connectivity index (χ3v) is 2.60. The maximum Gasteiger partial charge on any atom is 0.337 e. The Bertz CT molecular complexity index is 371. The van der Waals surface area contributed by atoms with Crippen molar-refractivity contribution < 1.29 is 23.8 Å². The molecule has 0 spiro atoms. The lowest BCUT2D eigenvalue weighted by molar-refractivity contribution is -0.141. The second-order valence-corrected chi connectivity index (χ2v) is 3.63. The molecule has 0 unspecified atom stereocenters. The van der Waals surface area contributed by atoms with Gasteiger partial charge in [-0.3, -0.25) is 0 Å².